The van der Waals surface area contributed by atoms with Crippen LogP contribution in [0.2, 0.25) is 0 Å². The summed E-state index contributed by atoms with van der Waals surface area (Å²) in [5.41, 5.74) is 0.381. The van der Waals surface area contributed by atoms with Gasteiger partial charge in [-0.15, -0.1) is 0 Å². The Morgan fingerprint density at radius 3 is 2.63 bits per heavy atom. The van der Waals surface area contributed by atoms with Gasteiger partial charge in [0.15, 0.2) is 0 Å². The number of rotatable bonds is 6. The van der Waals surface area contributed by atoms with Crippen molar-refractivity contribution < 1.29 is 9.13 Å². The molecule has 1 aromatic carbocycles. The molecule has 1 aromatic rings. The Morgan fingerprint density at radius 2 is 2.00 bits per heavy atom. The van der Waals surface area contributed by atoms with E-state index in [9.17, 15) is 4.39 Å². The van der Waals surface area contributed by atoms with Gasteiger partial charge in [0.25, 0.3) is 0 Å². The van der Waals surface area contributed by atoms with Gasteiger partial charge >= 0.3 is 0 Å². The van der Waals surface area contributed by atoms with Crippen molar-refractivity contribution >= 4 is 6.08 Å². The third-order valence-electron chi connectivity index (χ3n) is 2.46. The summed E-state index contributed by atoms with van der Waals surface area (Å²) in [4.78, 5) is 0. The Balaban J connectivity index is 2.81. The molecule has 0 N–H and O–H groups in total. The summed E-state index contributed by atoms with van der Waals surface area (Å²) >= 11 is 0. The first-order chi connectivity index (χ1) is 9.19. The van der Waals surface area contributed by atoms with Crippen LogP contribution in [0.3, 0.4) is 0 Å². The lowest BCUT2D eigenvalue weighted by Crippen LogP contribution is -1.97. The lowest BCUT2D eigenvalue weighted by atomic mass is 10.1. The molecule has 98 valence electrons. The summed E-state index contributed by atoms with van der Waals surface area (Å²) in [6.45, 7) is 2.63. The van der Waals surface area contributed by atoms with Gasteiger partial charge in [-0.1, -0.05) is 19.8 Å². The van der Waals surface area contributed by atoms with E-state index in [0.29, 0.717) is 17.9 Å². The summed E-state index contributed by atoms with van der Waals surface area (Å²) in [7, 11) is 0. The number of hydrogen-bond acceptors (Lipinski definition) is 3. The minimum absolute atomic E-state index is 0.0671. The number of hydrogen-bond donors (Lipinski definition) is 0. The van der Waals surface area contributed by atoms with E-state index in [1.165, 1.54) is 18.2 Å². The second kappa shape index (κ2) is 7.89. The van der Waals surface area contributed by atoms with E-state index in [2.05, 4.69) is 6.92 Å². The van der Waals surface area contributed by atoms with Gasteiger partial charge in [0, 0.05) is 6.07 Å². The van der Waals surface area contributed by atoms with Crippen LogP contribution in [0.4, 0.5) is 4.39 Å². The minimum atomic E-state index is -0.450. The molecule has 0 fully saturated rings. The molecule has 0 aromatic heterocycles. The summed E-state index contributed by atoms with van der Waals surface area (Å²) in [6.07, 6.45) is 4.41. The average molecular weight is 258 g/mol. The number of nitriles is 2. The van der Waals surface area contributed by atoms with Crippen molar-refractivity contribution in [3.8, 4) is 17.9 Å². The van der Waals surface area contributed by atoms with Gasteiger partial charge in [-0.3, -0.25) is 0 Å². The molecular weight excluding hydrogens is 243 g/mol. The Labute approximate surface area is 112 Å². The number of benzene rings is 1. The molecule has 0 unspecified atom stereocenters. The zero-order valence-corrected chi connectivity index (χ0v) is 10.8. The van der Waals surface area contributed by atoms with Crippen molar-refractivity contribution in [1.82, 2.24) is 0 Å². The van der Waals surface area contributed by atoms with Gasteiger partial charge in [0.05, 0.1) is 6.61 Å². The fourth-order valence-corrected chi connectivity index (χ4v) is 1.55. The largest absolute Gasteiger partial charge is 0.493 e. The predicted octanol–water partition coefficient (Wildman–Crippen LogP) is 3.83. The Kier molecular flexibility index (Phi) is 6.12. The van der Waals surface area contributed by atoms with E-state index in [1.807, 2.05) is 0 Å². The quantitative estimate of drug-likeness (QED) is 0.575. The van der Waals surface area contributed by atoms with Crippen LogP contribution in [0, 0.1) is 28.5 Å². The highest BCUT2D eigenvalue weighted by molar-refractivity contribution is 5.63. The van der Waals surface area contributed by atoms with Crippen LogP contribution >= 0.6 is 0 Å². The van der Waals surface area contributed by atoms with Gasteiger partial charge in [-0.05, 0) is 30.2 Å². The lowest BCUT2D eigenvalue weighted by molar-refractivity contribution is 0.305. The van der Waals surface area contributed by atoms with Crippen molar-refractivity contribution in [1.29, 1.82) is 10.5 Å². The first-order valence-corrected chi connectivity index (χ1v) is 6.15. The predicted molar refractivity (Wildman–Crippen MR) is 70.6 cm³/mol. The third kappa shape index (κ3) is 5.23. The second-order valence-corrected chi connectivity index (χ2v) is 4.06. The van der Waals surface area contributed by atoms with Crippen LogP contribution in [0.5, 0.6) is 5.75 Å². The standard InChI is InChI=1S/C15H15FN2O/c1-2-3-4-5-19-15-8-12(7-14(16)9-15)6-13(10-17)11-18/h6-9H,2-5H2,1H3. The fourth-order valence-electron chi connectivity index (χ4n) is 1.55. The van der Waals surface area contributed by atoms with Crippen LogP contribution in [-0.2, 0) is 0 Å². The monoisotopic (exact) mass is 258 g/mol. The second-order valence-electron chi connectivity index (χ2n) is 4.06. The van der Waals surface area contributed by atoms with E-state index in [0.717, 1.165) is 19.3 Å². The Bertz CT molecular complexity index is 522. The molecule has 0 saturated carbocycles. The molecule has 0 radical (unpaired) electrons. The summed E-state index contributed by atoms with van der Waals surface area (Å²) in [5.74, 6) is -0.0351. The van der Waals surface area contributed by atoms with Gasteiger partial charge in [0.1, 0.15) is 29.3 Å². The number of ether oxygens (including phenoxy) is 1. The molecule has 0 atom stereocenters. The summed E-state index contributed by atoms with van der Waals surface area (Å²) in [5, 5.41) is 17.3. The zero-order valence-electron chi connectivity index (χ0n) is 10.8. The average Bonchev–Trinajstić information content (AvgIpc) is 2.40. The Morgan fingerprint density at radius 1 is 1.26 bits per heavy atom. The SMILES string of the molecule is CCCCCOc1cc(F)cc(C=C(C#N)C#N)c1. The molecule has 1 rings (SSSR count). The topological polar surface area (TPSA) is 56.8 Å². The minimum Gasteiger partial charge on any atom is -0.493 e. The van der Waals surface area contributed by atoms with Gasteiger partial charge < -0.3 is 4.74 Å². The van der Waals surface area contributed by atoms with E-state index in [-0.39, 0.29) is 5.57 Å². The van der Waals surface area contributed by atoms with Crippen molar-refractivity contribution in [2.24, 2.45) is 0 Å². The van der Waals surface area contributed by atoms with E-state index in [4.69, 9.17) is 15.3 Å². The fraction of sp³-hybridized carbons (Fsp3) is 0.333. The molecule has 0 aliphatic carbocycles. The summed E-state index contributed by atoms with van der Waals surface area (Å²) in [6, 6.07) is 7.64. The number of nitrogens with zero attached hydrogens (tertiary/aromatic N) is 2. The lowest BCUT2D eigenvalue weighted by Gasteiger charge is -2.06. The highest BCUT2D eigenvalue weighted by atomic mass is 19.1. The first kappa shape index (κ1) is 14.7. The smallest absolute Gasteiger partial charge is 0.130 e. The first-order valence-electron chi connectivity index (χ1n) is 6.15. The van der Waals surface area contributed by atoms with Gasteiger partial charge in [-0.25, -0.2) is 4.39 Å². The van der Waals surface area contributed by atoms with Crippen LogP contribution < -0.4 is 4.74 Å². The molecule has 19 heavy (non-hydrogen) atoms. The molecule has 0 spiro atoms. The molecule has 0 saturated heterocycles. The van der Waals surface area contributed by atoms with Crippen LogP contribution in [0.25, 0.3) is 6.08 Å². The van der Waals surface area contributed by atoms with E-state index in [1.54, 1.807) is 18.2 Å². The van der Waals surface area contributed by atoms with Crippen molar-refractivity contribution in [2.45, 2.75) is 26.2 Å². The molecule has 0 heterocycles. The van der Waals surface area contributed by atoms with Gasteiger partial charge in [-0.2, -0.15) is 10.5 Å². The molecule has 3 nitrogen and oxygen atoms in total. The molecular formula is C15H15FN2O. The van der Waals surface area contributed by atoms with E-state index < -0.39 is 5.82 Å². The molecule has 0 amide bonds. The highest BCUT2D eigenvalue weighted by Gasteiger charge is 2.02. The van der Waals surface area contributed by atoms with Crippen LogP contribution in [0.1, 0.15) is 31.7 Å². The van der Waals surface area contributed by atoms with Crippen molar-refractivity contribution in [3.05, 3.63) is 35.2 Å². The zero-order chi connectivity index (χ0) is 14.1. The molecule has 0 aliphatic heterocycles. The number of allylic oxidation sites excluding steroid dienone is 1. The molecule has 0 bridgehead atoms. The normalized spacial score (nSPS) is 9.26. The van der Waals surface area contributed by atoms with Gasteiger partial charge in [0.2, 0.25) is 0 Å². The maximum Gasteiger partial charge on any atom is 0.130 e. The van der Waals surface area contributed by atoms with Crippen LogP contribution in [-0.4, -0.2) is 6.61 Å². The van der Waals surface area contributed by atoms with Crippen molar-refractivity contribution in [2.75, 3.05) is 6.61 Å². The third-order valence-corrected chi connectivity index (χ3v) is 2.46. The number of unbranched alkanes of at least 4 members (excludes halogenated alkanes) is 2. The van der Waals surface area contributed by atoms with Crippen LogP contribution in [0.15, 0.2) is 23.8 Å². The van der Waals surface area contributed by atoms with Crippen molar-refractivity contribution in [3.63, 3.8) is 0 Å². The highest BCUT2D eigenvalue weighted by Crippen LogP contribution is 2.19. The molecule has 0 aliphatic rings. The summed E-state index contributed by atoms with van der Waals surface area (Å²) < 4.78 is 18.8. The maximum absolute atomic E-state index is 13.4. The van der Waals surface area contributed by atoms with E-state index >= 15 is 0 Å². The maximum atomic E-state index is 13.4. The number of halogens is 1. The Hall–Kier alpha value is -2.33. The molecule has 4 heteroatoms.